The number of nitrogens with zero attached hydrogens (tertiary/aromatic N) is 3. The van der Waals surface area contributed by atoms with Gasteiger partial charge in [-0.25, -0.2) is 0 Å². The van der Waals surface area contributed by atoms with E-state index in [1.54, 1.807) is 0 Å². The van der Waals surface area contributed by atoms with Gasteiger partial charge < -0.3 is 9.67 Å². The summed E-state index contributed by atoms with van der Waals surface area (Å²) in [5.74, 6) is 1.70. The third-order valence-corrected chi connectivity index (χ3v) is 2.25. The van der Waals surface area contributed by atoms with E-state index in [4.69, 9.17) is 5.11 Å². The predicted octanol–water partition coefficient (Wildman–Crippen LogP) is 1.52. The van der Waals surface area contributed by atoms with E-state index in [2.05, 4.69) is 24.0 Å². The van der Waals surface area contributed by atoms with Gasteiger partial charge in [-0.3, -0.25) is 0 Å². The second-order valence-electron chi connectivity index (χ2n) is 3.45. The fourth-order valence-electron chi connectivity index (χ4n) is 1.49. The van der Waals surface area contributed by atoms with Gasteiger partial charge in [-0.2, -0.15) is 0 Å². The average Bonchev–Trinajstić information content (AvgIpc) is 2.58. The zero-order valence-corrected chi connectivity index (χ0v) is 9.03. The average molecular weight is 197 g/mol. The maximum atomic E-state index is 9.06. The first-order valence-corrected chi connectivity index (χ1v) is 5.35. The molecule has 0 saturated heterocycles. The molecule has 0 aliphatic rings. The van der Waals surface area contributed by atoms with Gasteiger partial charge >= 0.3 is 0 Å². The van der Waals surface area contributed by atoms with Gasteiger partial charge in [0.05, 0.1) is 0 Å². The molecule has 0 bridgehead atoms. The molecule has 0 unspecified atom stereocenters. The number of aliphatic hydroxyl groups excluding tert-OH is 1. The molecular formula is C10H19N3O. The summed E-state index contributed by atoms with van der Waals surface area (Å²) in [7, 11) is 0. The van der Waals surface area contributed by atoms with Gasteiger partial charge in [0, 0.05) is 13.0 Å². The van der Waals surface area contributed by atoms with Crippen LogP contribution < -0.4 is 0 Å². The Bertz CT molecular complexity index is 270. The first-order valence-electron chi connectivity index (χ1n) is 5.35. The van der Waals surface area contributed by atoms with Gasteiger partial charge in [0.2, 0.25) is 0 Å². The van der Waals surface area contributed by atoms with Crippen molar-refractivity contribution >= 4 is 0 Å². The highest BCUT2D eigenvalue weighted by Gasteiger charge is 2.09. The van der Waals surface area contributed by atoms with Crippen molar-refractivity contribution in [1.82, 2.24) is 14.8 Å². The van der Waals surface area contributed by atoms with Crippen LogP contribution in [0.25, 0.3) is 0 Å². The predicted molar refractivity (Wildman–Crippen MR) is 54.8 cm³/mol. The highest BCUT2D eigenvalue weighted by molar-refractivity contribution is 4.95. The molecule has 0 spiro atoms. The van der Waals surface area contributed by atoms with Crippen LogP contribution in [0.15, 0.2) is 0 Å². The zero-order valence-electron chi connectivity index (χ0n) is 9.03. The number of rotatable bonds is 6. The van der Waals surface area contributed by atoms with Crippen LogP contribution in [0.1, 0.15) is 44.8 Å². The molecule has 0 aliphatic carbocycles. The highest BCUT2D eigenvalue weighted by atomic mass is 16.3. The number of hydrogen-bond donors (Lipinski definition) is 1. The molecule has 14 heavy (non-hydrogen) atoms. The number of unbranched alkanes of at least 4 members (excludes halogenated alkanes) is 1. The lowest BCUT2D eigenvalue weighted by Gasteiger charge is -2.06. The minimum Gasteiger partial charge on any atom is -0.388 e. The molecule has 1 heterocycles. The molecule has 0 saturated carbocycles. The minimum absolute atomic E-state index is 0.0148. The van der Waals surface area contributed by atoms with Crippen molar-refractivity contribution in [3.8, 4) is 0 Å². The van der Waals surface area contributed by atoms with E-state index in [0.717, 1.165) is 38.1 Å². The van der Waals surface area contributed by atoms with Crippen LogP contribution in [0.4, 0.5) is 0 Å². The quantitative estimate of drug-likeness (QED) is 0.752. The lowest BCUT2D eigenvalue weighted by Crippen LogP contribution is -2.07. The van der Waals surface area contributed by atoms with Crippen LogP contribution in [0, 0.1) is 0 Å². The standard InChI is InChI=1S/C10H19N3O/c1-3-5-6-9-11-12-10(8-14)13(9)7-4-2/h14H,3-8H2,1-2H3. The second-order valence-corrected chi connectivity index (χ2v) is 3.45. The lowest BCUT2D eigenvalue weighted by atomic mass is 10.2. The smallest absolute Gasteiger partial charge is 0.158 e. The molecule has 0 amide bonds. The summed E-state index contributed by atoms with van der Waals surface area (Å²) in [5.41, 5.74) is 0. The van der Waals surface area contributed by atoms with Gasteiger partial charge in [-0.1, -0.05) is 20.3 Å². The summed E-state index contributed by atoms with van der Waals surface area (Å²) in [4.78, 5) is 0. The normalized spacial score (nSPS) is 10.8. The topological polar surface area (TPSA) is 50.9 Å². The molecule has 0 atom stereocenters. The molecule has 1 N–H and O–H groups in total. The Kier molecular flexibility index (Phi) is 4.59. The molecule has 4 nitrogen and oxygen atoms in total. The Morgan fingerprint density at radius 3 is 2.43 bits per heavy atom. The third-order valence-electron chi connectivity index (χ3n) is 2.25. The number of hydrogen-bond acceptors (Lipinski definition) is 3. The Labute approximate surface area is 85.0 Å². The van der Waals surface area contributed by atoms with E-state index in [-0.39, 0.29) is 6.61 Å². The summed E-state index contributed by atoms with van der Waals surface area (Å²) in [6.45, 7) is 5.17. The summed E-state index contributed by atoms with van der Waals surface area (Å²) < 4.78 is 2.04. The van der Waals surface area contributed by atoms with Crippen LogP contribution >= 0.6 is 0 Å². The van der Waals surface area contributed by atoms with E-state index in [1.165, 1.54) is 0 Å². The van der Waals surface area contributed by atoms with Crippen molar-refractivity contribution < 1.29 is 5.11 Å². The number of aryl methyl sites for hydroxylation is 1. The molecule has 0 radical (unpaired) electrons. The monoisotopic (exact) mass is 197 g/mol. The Balaban J connectivity index is 2.75. The largest absolute Gasteiger partial charge is 0.388 e. The van der Waals surface area contributed by atoms with Crippen molar-refractivity contribution in [1.29, 1.82) is 0 Å². The van der Waals surface area contributed by atoms with Gasteiger partial charge in [0.1, 0.15) is 12.4 Å². The van der Waals surface area contributed by atoms with E-state index < -0.39 is 0 Å². The molecule has 1 aromatic heterocycles. The van der Waals surface area contributed by atoms with E-state index in [9.17, 15) is 0 Å². The molecule has 0 aliphatic heterocycles. The molecule has 0 fully saturated rings. The molecule has 1 aromatic rings. The van der Waals surface area contributed by atoms with Crippen LogP contribution in [-0.2, 0) is 19.6 Å². The first-order chi connectivity index (χ1) is 6.83. The van der Waals surface area contributed by atoms with E-state index >= 15 is 0 Å². The van der Waals surface area contributed by atoms with Crippen LogP contribution in [-0.4, -0.2) is 19.9 Å². The van der Waals surface area contributed by atoms with Gasteiger partial charge in [-0.15, -0.1) is 10.2 Å². The van der Waals surface area contributed by atoms with Crippen molar-refractivity contribution in [2.75, 3.05) is 0 Å². The molecular weight excluding hydrogens is 178 g/mol. The van der Waals surface area contributed by atoms with Crippen LogP contribution in [0.3, 0.4) is 0 Å². The Morgan fingerprint density at radius 2 is 1.86 bits per heavy atom. The number of aliphatic hydroxyl groups is 1. The van der Waals surface area contributed by atoms with Crippen molar-refractivity contribution in [2.45, 2.75) is 52.7 Å². The molecule has 1 rings (SSSR count). The van der Waals surface area contributed by atoms with E-state index in [0.29, 0.717) is 5.82 Å². The second kappa shape index (κ2) is 5.75. The minimum atomic E-state index is -0.0148. The zero-order chi connectivity index (χ0) is 10.4. The highest BCUT2D eigenvalue weighted by Crippen LogP contribution is 2.07. The van der Waals surface area contributed by atoms with Crippen molar-refractivity contribution in [2.24, 2.45) is 0 Å². The number of aromatic nitrogens is 3. The SMILES string of the molecule is CCCCc1nnc(CO)n1CCC. The summed E-state index contributed by atoms with van der Waals surface area (Å²) in [5, 5.41) is 17.1. The molecule has 0 aromatic carbocycles. The van der Waals surface area contributed by atoms with Gasteiger partial charge in [-0.05, 0) is 12.8 Å². The summed E-state index contributed by atoms with van der Waals surface area (Å²) in [6, 6.07) is 0. The van der Waals surface area contributed by atoms with Gasteiger partial charge in [0.15, 0.2) is 5.82 Å². The van der Waals surface area contributed by atoms with Crippen molar-refractivity contribution in [3.63, 3.8) is 0 Å². The maximum absolute atomic E-state index is 9.06. The lowest BCUT2D eigenvalue weighted by molar-refractivity contribution is 0.264. The Hall–Kier alpha value is -0.900. The summed E-state index contributed by atoms with van der Waals surface area (Å²) >= 11 is 0. The van der Waals surface area contributed by atoms with Crippen LogP contribution in [0.5, 0.6) is 0 Å². The third kappa shape index (κ3) is 2.54. The fraction of sp³-hybridized carbons (Fsp3) is 0.800. The first kappa shape index (κ1) is 11.2. The summed E-state index contributed by atoms with van der Waals surface area (Å²) in [6.07, 6.45) is 4.30. The fourth-order valence-corrected chi connectivity index (χ4v) is 1.49. The Morgan fingerprint density at radius 1 is 1.14 bits per heavy atom. The molecule has 80 valence electrons. The van der Waals surface area contributed by atoms with Crippen LogP contribution in [0.2, 0.25) is 0 Å². The van der Waals surface area contributed by atoms with E-state index in [1.807, 2.05) is 4.57 Å². The maximum Gasteiger partial charge on any atom is 0.158 e. The van der Waals surface area contributed by atoms with Gasteiger partial charge in [0.25, 0.3) is 0 Å². The molecule has 4 heteroatoms. The van der Waals surface area contributed by atoms with Crippen molar-refractivity contribution in [3.05, 3.63) is 11.6 Å².